The lowest BCUT2D eigenvalue weighted by atomic mass is 10.1. The minimum absolute atomic E-state index is 0.355. The first-order valence-corrected chi connectivity index (χ1v) is 4.99. The van der Waals surface area contributed by atoms with Crippen LogP contribution in [0.1, 0.15) is 11.1 Å². The third-order valence-corrected chi connectivity index (χ3v) is 2.00. The van der Waals surface area contributed by atoms with Gasteiger partial charge in [-0.15, -0.1) is 0 Å². The second-order valence-electron chi connectivity index (χ2n) is 3.16. The average Bonchev–Trinajstić information content (AvgIpc) is 2.34. The van der Waals surface area contributed by atoms with Gasteiger partial charge in [0.1, 0.15) is 0 Å². The molecule has 3 nitrogen and oxygen atoms in total. The lowest BCUT2D eigenvalue weighted by molar-refractivity contribution is -0.134. The van der Waals surface area contributed by atoms with Gasteiger partial charge in [-0.1, -0.05) is 36.4 Å². The van der Waals surface area contributed by atoms with Crippen LogP contribution in [0.15, 0.2) is 36.4 Å². The smallest absolute Gasteiger partial charge is 0.330 e. The van der Waals surface area contributed by atoms with E-state index in [-0.39, 0.29) is 5.97 Å². The van der Waals surface area contributed by atoms with Gasteiger partial charge in [0.05, 0.1) is 7.11 Å². The van der Waals surface area contributed by atoms with E-state index in [1.165, 1.54) is 13.2 Å². The highest BCUT2D eigenvalue weighted by Gasteiger charge is 1.92. The van der Waals surface area contributed by atoms with Gasteiger partial charge in [0, 0.05) is 12.6 Å². The quantitative estimate of drug-likeness (QED) is 0.618. The first kappa shape index (κ1) is 12.2. The van der Waals surface area contributed by atoms with Crippen LogP contribution in [0, 0.1) is 0 Å². The number of nitrogens with two attached hydrogens (primary N) is 1. The summed E-state index contributed by atoms with van der Waals surface area (Å²) in [6.45, 7) is 0.532. The van der Waals surface area contributed by atoms with Gasteiger partial charge in [-0.2, -0.15) is 0 Å². The van der Waals surface area contributed by atoms with Crippen LogP contribution in [0.4, 0.5) is 0 Å². The van der Waals surface area contributed by atoms with Crippen LogP contribution in [-0.4, -0.2) is 19.6 Å². The van der Waals surface area contributed by atoms with Crippen molar-refractivity contribution in [3.05, 3.63) is 47.5 Å². The fourth-order valence-corrected chi connectivity index (χ4v) is 1.15. The van der Waals surface area contributed by atoms with Gasteiger partial charge in [-0.05, 0) is 17.2 Å². The molecule has 0 aliphatic heterocycles. The molecule has 0 bridgehead atoms. The summed E-state index contributed by atoms with van der Waals surface area (Å²) in [4.78, 5) is 10.9. The Morgan fingerprint density at radius 2 is 1.81 bits per heavy atom. The molecule has 1 aromatic carbocycles. The van der Waals surface area contributed by atoms with Crippen molar-refractivity contribution in [2.45, 2.75) is 0 Å². The van der Waals surface area contributed by atoms with E-state index in [0.717, 1.165) is 11.1 Å². The number of methoxy groups -OCH3 is 1. The van der Waals surface area contributed by atoms with Crippen molar-refractivity contribution in [3.8, 4) is 0 Å². The first-order chi connectivity index (χ1) is 7.76. The molecular weight excluding hydrogens is 202 g/mol. The summed E-state index contributed by atoms with van der Waals surface area (Å²) >= 11 is 0. The van der Waals surface area contributed by atoms with E-state index in [9.17, 15) is 4.79 Å². The Bertz CT molecular complexity index is 391. The number of hydrogen-bond acceptors (Lipinski definition) is 3. The van der Waals surface area contributed by atoms with Crippen LogP contribution >= 0.6 is 0 Å². The van der Waals surface area contributed by atoms with Crippen molar-refractivity contribution < 1.29 is 9.53 Å². The average molecular weight is 217 g/mol. The maximum atomic E-state index is 10.9. The SMILES string of the molecule is COC(=O)/C=C/c1ccc(C=CCN)cc1. The van der Waals surface area contributed by atoms with Crippen LogP contribution in [-0.2, 0) is 9.53 Å². The Balaban J connectivity index is 2.68. The molecule has 0 heterocycles. The van der Waals surface area contributed by atoms with Crippen LogP contribution in [0.3, 0.4) is 0 Å². The molecule has 16 heavy (non-hydrogen) atoms. The zero-order valence-electron chi connectivity index (χ0n) is 9.22. The van der Waals surface area contributed by atoms with Crippen molar-refractivity contribution in [3.63, 3.8) is 0 Å². The van der Waals surface area contributed by atoms with Gasteiger partial charge < -0.3 is 10.5 Å². The number of benzene rings is 1. The molecule has 1 aromatic rings. The number of esters is 1. The molecule has 0 amide bonds. The largest absolute Gasteiger partial charge is 0.466 e. The third-order valence-electron chi connectivity index (χ3n) is 2.00. The van der Waals surface area contributed by atoms with Crippen molar-refractivity contribution >= 4 is 18.1 Å². The highest BCUT2D eigenvalue weighted by Crippen LogP contribution is 2.07. The van der Waals surface area contributed by atoms with E-state index in [2.05, 4.69) is 4.74 Å². The van der Waals surface area contributed by atoms with Gasteiger partial charge >= 0.3 is 5.97 Å². The van der Waals surface area contributed by atoms with Crippen molar-refractivity contribution in [1.82, 2.24) is 0 Å². The summed E-state index contributed by atoms with van der Waals surface area (Å²) in [6, 6.07) is 7.78. The number of hydrogen-bond donors (Lipinski definition) is 1. The van der Waals surface area contributed by atoms with E-state index in [1.807, 2.05) is 36.4 Å². The highest BCUT2D eigenvalue weighted by molar-refractivity contribution is 5.86. The first-order valence-electron chi connectivity index (χ1n) is 4.99. The zero-order chi connectivity index (χ0) is 11.8. The molecule has 0 atom stereocenters. The van der Waals surface area contributed by atoms with Gasteiger partial charge in [0.15, 0.2) is 0 Å². The molecule has 0 aliphatic rings. The van der Waals surface area contributed by atoms with Gasteiger partial charge in [-0.25, -0.2) is 4.79 Å². The Kier molecular flexibility index (Phi) is 5.02. The van der Waals surface area contributed by atoms with E-state index in [0.29, 0.717) is 6.54 Å². The standard InChI is InChI=1S/C13H15NO2/c1-16-13(15)9-8-12-6-4-11(5-7-12)3-2-10-14/h2-9H,10,14H2,1H3/b3-2?,9-8+. The van der Waals surface area contributed by atoms with Crippen LogP contribution in [0.2, 0.25) is 0 Å². The summed E-state index contributed by atoms with van der Waals surface area (Å²) in [6.07, 6.45) is 6.94. The second kappa shape index (κ2) is 6.58. The predicted molar refractivity (Wildman–Crippen MR) is 65.6 cm³/mol. The number of carbonyl (C=O) groups excluding carboxylic acids is 1. The molecule has 2 N–H and O–H groups in total. The summed E-state index contributed by atoms with van der Waals surface area (Å²) in [5, 5.41) is 0. The molecule has 0 spiro atoms. The lowest BCUT2D eigenvalue weighted by Gasteiger charge is -1.95. The zero-order valence-corrected chi connectivity index (χ0v) is 9.22. The maximum absolute atomic E-state index is 10.9. The normalized spacial score (nSPS) is 11.1. The molecule has 0 radical (unpaired) electrons. The molecule has 3 heteroatoms. The van der Waals surface area contributed by atoms with E-state index < -0.39 is 0 Å². The van der Waals surface area contributed by atoms with E-state index >= 15 is 0 Å². The minimum atomic E-state index is -0.355. The van der Waals surface area contributed by atoms with Crippen LogP contribution in [0.5, 0.6) is 0 Å². The minimum Gasteiger partial charge on any atom is -0.466 e. The molecular formula is C13H15NO2. The topological polar surface area (TPSA) is 52.3 Å². The Morgan fingerprint density at radius 3 is 2.31 bits per heavy atom. The Labute approximate surface area is 95.2 Å². The Hall–Kier alpha value is -1.87. The molecule has 0 saturated heterocycles. The molecule has 0 saturated carbocycles. The molecule has 1 rings (SSSR count). The number of ether oxygens (including phenoxy) is 1. The summed E-state index contributed by atoms with van der Waals surface area (Å²) in [5.41, 5.74) is 7.39. The highest BCUT2D eigenvalue weighted by atomic mass is 16.5. The fourth-order valence-electron chi connectivity index (χ4n) is 1.15. The van der Waals surface area contributed by atoms with Gasteiger partial charge in [0.25, 0.3) is 0 Å². The number of rotatable bonds is 4. The predicted octanol–water partition coefficient (Wildman–Crippen LogP) is 1.84. The van der Waals surface area contributed by atoms with Gasteiger partial charge in [0.2, 0.25) is 0 Å². The fraction of sp³-hybridized carbons (Fsp3) is 0.154. The van der Waals surface area contributed by atoms with Crippen LogP contribution in [0.25, 0.3) is 12.2 Å². The molecule has 0 aliphatic carbocycles. The van der Waals surface area contributed by atoms with Crippen LogP contribution < -0.4 is 5.73 Å². The van der Waals surface area contributed by atoms with Crippen molar-refractivity contribution in [2.75, 3.05) is 13.7 Å². The van der Waals surface area contributed by atoms with E-state index in [4.69, 9.17) is 5.73 Å². The molecule has 0 aromatic heterocycles. The molecule has 0 fully saturated rings. The third kappa shape index (κ3) is 4.11. The lowest BCUT2D eigenvalue weighted by Crippen LogP contribution is -1.93. The van der Waals surface area contributed by atoms with Crippen molar-refractivity contribution in [2.24, 2.45) is 5.73 Å². The maximum Gasteiger partial charge on any atom is 0.330 e. The number of carbonyl (C=O) groups is 1. The van der Waals surface area contributed by atoms with Crippen molar-refractivity contribution in [1.29, 1.82) is 0 Å². The molecule has 0 unspecified atom stereocenters. The summed E-state index contributed by atoms with van der Waals surface area (Å²) < 4.78 is 4.50. The second-order valence-corrected chi connectivity index (χ2v) is 3.16. The monoisotopic (exact) mass is 217 g/mol. The summed E-state index contributed by atoms with van der Waals surface area (Å²) in [7, 11) is 1.35. The summed E-state index contributed by atoms with van der Waals surface area (Å²) in [5.74, 6) is -0.355. The molecule has 84 valence electrons. The van der Waals surface area contributed by atoms with Gasteiger partial charge in [-0.3, -0.25) is 0 Å². The Morgan fingerprint density at radius 1 is 1.25 bits per heavy atom. The van der Waals surface area contributed by atoms with E-state index in [1.54, 1.807) is 6.08 Å².